The van der Waals surface area contributed by atoms with E-state index in [1.165, 1.54) is 23.1 Å². The standard InChI is InChI=1S/C18H18N4O3S2/c1-24-14-7-3-5-12(9-14)19-16(23)11-26-18-22-21-17(27-18)20-13-6-4-8-15(10-13)25-2/h3-10H,11H2,1-2H3,(H,19,23)(H,20,21). The first-order valence-corrected chi connectivity index (χ1v) is 9.78. The van der Waals surface area contributed by atoms with Crippen molar-refractivity contribution in [3.8, 4) is 11.5 Å². The van der Waals surface area contributed by atoms with Crippen LogP contribution in [0.2, 0.25) is 0 Å². The molecular formula is C18H18N4O3S2. The molecule has 0 aliphatic heterocycles. The minimum Gasteiger partial charge on any atom is -0.497 e. The van der Waals surface area contributed by atoms with E-state index < -0.39 is 0 Å². The highest BCUT2D eigenvalue weighted by molar-refractivity contribution is 8.01. The van der Waals surface area contributed by atoms with E-state index in [1.54, 1.807) is 20.3 Å². The van der Waals surface area contributed by atoms with Crippen LogP contribution in [0.4, 0.5) is 16.5 Å². The number of carbonyl (C=O) groups excluding carboxylic acids is 1. The molecule has 0 saturated heterocycles. The first-order chi connectivity index (χ1) is 13.2. The molecule has 0 atom stereocenters. The average Bonchev–Trinajstić information content (AvgIpc) is 3.14. The van der Waals surface area contributed by atoms with Crippen LogP contribution in [-0.2, 0) is 4.79 Å². The molecule has 0 fully saturated rings. The molecule has 27 heavy (non-hydrogen) atoms. The van der Waals surface area contributed by atoms with E-state index >= 15 is 0 Å². The van der Waals surface area contributed by atoms with E-state index in [4.69, 9.17) is 9.47 Å². The van der Waals surface area contributed by atoms with Gasteiger partial charge in [0.25, 0.3) is 0 Å². The van der Waals surface area contributed by atoms with E-state index in [2.05, 4.69) is 20.8 Å². The number of carbonyl (C=O) groups is 1. The molecule has 0 saturated carbocycles. The van der Waals surface area contributed by atoms with Crippen molar-refractivity contribution in [1.82, 2.24) is 10.2 Å². The zero-order chi connectivity index (χ0) is 19.1. The second-order valence-electron chi connectivity index (χ2n) is 5.30. The quantitative estimate of drug-likeness (QED) is 0.550. The largest absolute Gasteiger partial charge is 0.497 e. The van der Waals surface area contributed by atoms with Crippen LogP contribution in [0, 0.1) is 0 Å². The van der Waals surface area contributed by atoms with Crippen molar-refractivity contribution in [3.05, 3.63) is 48.5 Å². The predicted octanol–water partition coefficient (Wildman–Crippen LogP) is 4.03. The molecule has 7 nitrogen and oxygen atoms in total. The maximum Gasteiger partial charge on any atom is 0.234 e. The molecule has 9 heteroatoms. The molecule has 2 N–H and O–H groups in total. The third-order valence-corrected chi connectivity index (χ3v) is 5.38. The number of aromatic nitrogens is 2. The smallest absolute Gasteiger partial charge is 0.234 e. The number of thioether (sulfide) groups is 1. The van der Waals surface area contributed by atoms with E-state index in [9.17, 15) is 4.79 Å². The minimum absolute atomic E-state index is 0.120. The predicted molar refractivity (Wildman–Crippen MR) is 109 cm³/mol. The summed E-state index contributed by atoms with van der Waals surface area (Å²) >= 11 is 2.72. The van der Waals surface area contributed by atoms with Crippen LogP contribution in [-0.4, -0.2) is 36.1 Å². The number of anilines is 3. The highest BCUT2D eigenvalue weighted by Gasteiger charge is 2.09. The zero-order valence-electron chi connectivity index (χ0n) is 14.8. The van der Waals surface area contributed by atoms with Gasteiger partial charge in [0, 0.05) is 23.5 Å². The first kappa shape index (κ1) is 19.0. The second-order valence-corrected chi connectivity index (χ2v) is 7.50. The summed E-state index contributed by atoms with van der Waals surface area (Å²) in [4.78, 5) is 12.1. The Kier molecular flexibility index (Phi) is 6.50. The summed E-state index contributed by atoms with van der Waals surface area (Å²) in [7, 11) is 3.21. The van der Waals surface area contributed by atoms with Crippen LogP contribution >= 0.6 is 23.1 Å². The van der Waals surface area contributed by atoms with Crippen molar-refractivity contribution in [3.63, 3.8) is 0 Å². The third-order valence-electron chi connectivity index (χ3n) is 3.41. The molecule has 1 aromatic heterocycles. The monoisotopic (exact) mass is 402 g/mol. The van der Waals surface area contributed by atoms with Crippen molar-refractivity contribution in [2.24, 2.45) is 0 Å². The fourth-order valence-electron chi connectivity index (χ4n) is 2.17. The Hall–Kier alpha value is -2.78. The van der Waals surface area contributed by atoms with Crippen molar-refractivity contribution in [1.29, 1.82) is 0 Å². The number of nitrogens with zero attached hydrogens (tertiary/aromatic N) is 2. The summed E-state index contributed by atoms with van der Waals surface area (Å²) in [5, 5.41) is 14.9. The minimum atomic E-state index is -0.120. The van der Waals surface area contributed by atoms with E-state index in [-0.39, 0.29) is 11.7 Å². The average molecular weight is 403 g/mol. The first-order valence-electron chi connectivity index (χ1n) is 7.97. The Balaban J connectivity index is 1.52. The van der Waals surface area contributed by atoms with Gasteiger partial charge in [-0.25, -0.2) is 0 Å². The molecule has 0 spiro atoms. The molecule has 0 aliphatic carbocycles. The molecule has 0 aliphatic rings. The van der Waals surface area contributed by atoms with Gasteiger partial charge in [-0.15, -0.1) is 10.2 Å². The number of nitrogens with one attached hydrogen (secondary N) is 2. The topological polar surface area (TPSA) is 85.4 Å². The summed E-state index contributed by atoms with van der Waals surface area (Å²) in [5.74, 6) is 1.57. The summed E-state index contributed by atoms with van der Waals surface area (Å²) in [5.41, 5.74) is 1.55. The van der Waals surface area contributed by atoms with Crippen LogP contribution in [0.5, 0.6) is 11.5 Å². The van der Waals surface area contributed by atoms with Crippen molar-refractivity contribution in [2.45, 2.75) is 4.34 Å². The lowest BCUT2D eigenvalue weighted by molar-refractivity contribution is -0.113. The maximum absolute atomic E-state index is 12.1. The fourth-order valence-corrected chi connectivity index (χ4v) is 3.74. The van der Waals surface area contributed by atoms with Gasteiger partial charge in [0.05, 0.1) is 20.0 Å². The van der Waals surface area contributed by atoms with E-state index in [0.29, 0.717) is 20.9 Å². The molecule has 1 amide bonds. The molecule has 2 aromatic carbocycles. The molecular weight excluding hydrogens is 384 g/mol. The van der Waals surface area contributed by atoms with Gasteiger partial charge in [-0.2, -0.15) is 0 Å². The summed E-state index contributed by atoms with van der Waals surface area (Å²) in [6, 6.07) is 14.8. The van der Waals surface area contributed by atoms with Gasteiger partial charge in [-0.3, -0.25) is 4.79 Å². The maximum atomic E-state index is 12.1. The van der Waals surface area contributed by atoms with Crippen LogP contribution in [0.25, 0.3) is 0 Å². The Morgan fingerprint density at radius 3 is 2.41 bits per heavy atom. The molecule has 0 bridgehead atoms. The number of hydrogen-bond donors (Lipinski definition) is 2. The normalized spacial score (nSPS) is 10.3. The van der Waals surface area contributed by atoms with Gasteiger partial charge >= 0.3 is 0 Å². The molecule has 0 unspecified atom stereocenters. The Morgan fingerprint density at radius 2 is 1.70 bits per heavy atom. The van der Waals surface area contributed by atoms with E-state index in [0.717, 1.165) is 11.4 Å². The summed E-state index contributed by atoms with van der Waals surface area (Å²) in [6.45, 7) is 0. The van der Waals surface area contributed by atoms with Crippen LogP contribution < -0.4 is 20.1 Å². The van der Waals surface area contributed by atoms with Crippen LogP contribution in [0.15, 0.2) is 52.9 Å². The lowest BCUT2D eigenvalue weighted by Gasteiger charge is -2.06. The van der Waals surface area contributed by atoms with Gasteiger partial charge in [-0.05, 0) is 24.3 Å². The molecule has 3 rings (SSSR count). The molecule has 140 valence electrons. The highest BCUT2D eigenvalue weighted by atomic mass is 32.2. The van der Waals surface area contributed by atoms with Crippen molar-refractivity contribution in [2.75, 3.05) is 30.6 Å². The van der Waals surface area contributed by atoms with Crippen molar-refractivity contribution >= 4 is 45.5 Å². The van der Waals surface area contributed by atoms with Gasteiger partial charge in [0.1, 0.15) is 11.5 Å². The van der Waals surface area contributed by atoms with Gasteiger partial charge in [-0.1, -0.05) is 35.2 Å². The zero-order valence-corrected chi connectivity index (χ0v) is 16.4. The highest BCUT2D eigenvalue weighted by Crippen LogP contribution is 2.29. The fraction of sp³-hybridized carbons (Fsp3) is 0.167. The van der Waals surface area contributed by atoms with Crippen LogP contribution in [0.3, 0.4) is 0 Å². The number of methoxy groups -OCH3 is 2. The molecule has 0 radical (unpaired) electrons. The number of hydrogen-bond acceptors (Lipinski definition) is 8. The lowest BCUT2D eigenvalue weighted by Crippen LogP contribution is -2.13. The van der Waals surface area contributed by atoms with Crippen LogP contribution in [0.1, 0.15) is 0 Å². The van der Waals surface area contributed by atoms with E-state index in [1.807, 2.05) is 42.5 Å². The number of amides is 1. The second kappa shape index (κ2) is 9.24. The Labute approximate surface area is 165 Å². The lowest BCUT2D eigenvalue weighted by atomic mass is 10.3. The van der Waals surface area contributed by atoms with Crippen molar-refractivity contribution < 1.29 is 14.3 Å². The molecule has 3 aromatic rings. The SMILES string of the molecule is COc1cccc(NC(=O)CSc2nnc(Nc3cccc(OC)c3)s2)c1. The number of rotatable bonds is 8. The number of benzene rings is 2. The Morgan fingerprint density at radius 1 is 1.04 bits per heavy atom. The van der Waals surface area contributed by atoms with Gasteiger partial charge in [0.2, 0.25) is 11.0 Å². The molecule has 1 heterocycles. The number of ether oxygens (including phenoxy) is 2. The van der Waals surface area contributed by atoms with Gasteiger partial charge < -0.3 is 20.1 Å². The Bertz CT molecular complexity index is 917. The summed E-state index contributed by atoms with van der Waals surface area (Å²) < 4.78 is 11.1. The van der Waals surface area contributed by atoms with Gasteiger partial charge in [0.15, 0.2) is 4.34 Å². The summed E-state index contributed by atoms with van der Waals surface area (Å²) in [6.07, 6.45) is 0. The third kappa shape index (κ3) is 5.60.